The fourth-order valence-corrected chi connectivity index (χ4v) is 4.36. The van der Waals surface area contributed by atoms with Gasteiger partial charge in [-0.2, -0.15) is 0 Å². The van der Waals surface area contributed by atoms with Crippen molar-refractivity contribution in [3.05, 3.63) is 0 Å². The molecule has 2 amide bonds. The van der Waals surface area contributed by atoms with E-state index in [4.69, 9.17) is 0 Å². The van der Waals surface area contributed by atoms with Crippen LogP contribution in [0.5, 0.6) is 0 Å². The third-order valence-electron chi connectivity index (χ3n) is 5.43. The average Bonchev–Trinajstić information content (AvgIpc) is 2.78. The van der Waals surface area contributed by atoms with E-state index in [2.05, 4.69) is 31.4 Å². The summed E-state index contributed by atoms with van der Waals surface area (Å²) in [6.07, 6.45) is 4.10. The zero-order valence-corrected chi connectivity index (χ0v) is 13.0. The van der Waals surface area contributed by atoms with E-state index in [1.165, 1.54) is 19.3 Å². The summed E-state index contributed by atoms with van der Waals surface area (Å²) in [6, 6.07) is 0.565. The summed E-state index contributed by atoms with van der Waals surface area (Å²) >= 11 is 0. The van der Waals surface area contributed by atoms with Crippen molar-refractivity contribution in [2.75, 3.05) is 27.2 Å². The van der Waals surface area contributed by atoms with E-state index in [-0.39, 0.29) is 6.03 Å². The molecule has 0 heterocycles. The highest BCUT2D eigenvalue weighted by Crippen LogP contribution is 2.62. The van der Waals surface area contributed by atoms with Gasteiger partial charge in [-0.3, -0.25) is 0 Å². The maximum absolute atomic E-state index is 11.4. The van der Waals surface area contributed by atoms with Gasteiger partial charge in [0, 0.05) is 33.2 Å². The Kier molecular flexibility index (Phi) is 3.83. The molecule has 2 N–H and O–H groups in total. The Hall–Kier alpha value is -0.770. The van der Waals surface area contributed by atoms with Crippen LogP contribution in [-0.4, -0.2) is 44.2 Å². The minimum atomic E-state index is -0.0137. The SMILES string of the molecule is CN(C)C(=O)NCCNC1C2(C)CCC(C2)C1(C)C. The van der Waals surface area contributed by atoms with Gasteiger partial charge in [-0.05, 0) is 36.0 Å². The lowest BCUT2D eigenvalue weighted by Gasteiger charge is -2.43. The van der Waals surface area contributed by atoms with Crippen molar-refractivity contribution in [2.45, 2.75) is 46.1 Å². The molecule has 2 fully saturated rings. The summed E-state index contributed by atoms with van der Waals surface area (Å²) in [5, 5.41) is 6.62. The molecule has 3 atom stereocenters. The molecule has 0 radical (unpaired) electrons. The first-order valence-corrected chi connectivity index (χ1v) is 7.46. The van der Waals surface area contributed by atoms with E-state index in [0.717, 1.165) is 12.5 Å². The predicted octanol–water partition coefficient (Wildman–Crippen LogP) is 2.06. The van der Waals surface area contributed by atoms with Crippen molar-refractivity contribution >= 4 is 6.03 Å². The van der Waals surface area contributed by atoms with Gasteiger partial charge in [0.05, 0.1) is 0 Å². The van der Waals surface area contributed by atoms with Gasteiger partial charge in [-0.15, -0.1) is 0 Å². The molecule has 2 rings (SSSR count). The van der Waals surface area contributed by atoms with Crippen LogP contribution in [0, 0.1) is 16.7 Å². The van der Waals surface area contributed by atoms with Crippen LogP contribution < -0.4 is 10.6 Å². The van der Waals surface area contributed by atoms with Crippen LogP contribution in [0.25, 0.3) is 0 Å². The molecule has 3 unspecified atom stereocenters. The van der Waals surface area contributed by atoms with E-state index >= 15 is 0 Å². The first-order chi connectivity index (χ1) is 8.77. The Labute approximate surface area is 117 Å². The third kappa shape index (κ3) is 2.60. The van der Waals surface area contributed by atoms with Gasteiger partial charge in [0.15, 0.2) is 0 Å². The van der Waals surface area contributed by atoms with E-state index in [1.54, 1.807) is 19.0 Å². The minimum absolute atomic E-state index is 0.0137. The van der Waals surface area contributed by atoms with Gasteiger partial charge in [-0.1, -0.05) is 20.8 Å². The smallest absolute Gasteiger partial charge is 0.316 e. The number of fused-ring (bicyclic) bond motifs is 2. The van der Waals surface area contributed by atoms with Crippen molar-refractivity contribution in [2.24, 2.45) is 16.7 Å². The van der Waals surface area contributed by atoms with Crippen molar-refractivity contribution in [3.63, 3.8) is 0 Å². The molecular weight excluding hydrogens is 238 g/mol. The minimum Gasteiger partial charge on any atom is -0.337 e. The second kappa shape index (κ2) is 4.97. The first kappa shape index (κ1) is 14.6. The van der Waals surface area contributed by atoms with Gasteiger partial charge in [0.25, 0.3) is 0 Å². The lowest BCUT2D eigenvalue weighted by molar-refractivity contribution is 0.110. The Morgan fingerprint density at radius 2 is 1.95 bits per heavy atom. The predicted molar refractivity (Wildman–Crippen MR) is 78.1 cm³/mol. The van der Waals surface area contributed by atoms with Crippen LogP contribution in [0.4, 0.5) is 4.79 Å². The number of amides is 2. The zero-order valence-electron chi connectivity index (χ0n) is 13.0. The largest absolute Gasteiger partial charge is 0.337 e. The van der Waals surface area contributed by atoms with E-state index in [9.17, 15) is 4.79 Å². The summed E-state index contributed by atoms with van der Waals surface area (Å²) in [5.74, 6) is 0.867. The normalized spacial score (nSPS) is 35.4. The molecule has 2 aliphatic carbocycles. The highest BCUT2D eigenvalue weighted by molar-refractivity contribution is 5.73. The van der Waals surface area contributed by atoms with Crippen LogP contribution in [0.15, 0.2) is 0 Å². The van der Waals surface area contributed by atoms with Crippen molar-refractivity contribution < 1.29 is 4.79 Å². The Balaban J connectivity index is 1.81. The molecule has 0 spiro atoms. The molecular formula is C15H29N3O. The molecule has 2 aliphatic rings. The quantitative estimate of drug-likeness (QED) is 0.766. The van der Waals surface area contributed by atoms with E-state index in [0.29, 0.717) is 23.4 Å². The fraction of sp³-hybridized carbons (Fsp3) is 0.933. The summed E-state index contributed by atoms with van der Waals surface area (Å²) in [4.78, 5) is 13.0. The molecule has 4 nitrogen and oxygen atoms in total. The molecule has 2 saturated carbocycles. The summed E-state index contributed by atoms with van der Waals surface area (Å²) in [5.41, 5.74) is 0.846. The number of rotatable bonds is 4. The number of hydrogen-bond donors (Lipinski definition) is 2. The van der Waals surface area contributed by atoms with E-state index in [1.807, 2.05) is 0 Å². The van der Waals surface area contributed by atoms with Crippen LogP contribution in [0.1, 0.15) is 40.0 Å². The van der Waals surface area contributed by atoms with Crippen LogP contribution in [0.3, 0.4) is 0 Å². The van der Waals surface area contributed by atoms with Crippen molar-refractivity contribution in [3.8, 4) is 0 Å². The summed E-state index contributed by atoms with van der Waals surface area (Å²) < 4.78 is 0. The first-order valence-electron chi connectivity index (χ1n) is 7.46. The summed E-state index contributed by atoms with van der Waals surface area (Å²) in [6.45, 7) is 8.79. The lowest BCUT2D eigenvalue weighted by atomic mass is 9.68. The van der Waals surface area contributed by atoms with Gasteiger partial charge < -0.3 is 15.5 Å². The molecule has 2 bridgehead atoms. The number of carbonyl (C=O) groups excluding carboxylic acids is 1. The second-order valence-electron chi connectivity index (χ2n) is 7.43. The molecule has 0 saturated heterocycles. The number of nitrogens with one attached hydrogen (secondary N) is 2. The Morgan fingerprint density at radius 1 is 1.26 bits per heavy atom. The Morgan fingerprint density at radius 3 is 2.47 bits per heavy atom. The van der Waals surface area contributed by atoms with Crippen molar-refractivity contribution in [1.29, 1.82) is 0 Å². The number of nitrogens with zero attached hydrogens (tertiary/aromatic N) is 1. The third-order valence-corrected chi connectivity index (χ3v) is 5.43. The molecule has 0 aromatic heterocycles. The van der Waals surface area contributed by atoms with Gasteiger partial charge in [0.1, 0.15) is 0 Å². The highest BCUT2D eigenvalue weighted by Gasteiger charge is 2.58. The van der Waals surface area contributed by atoms with Gasteiger partial charge in [0.2, 0.25) is 0 Å². The average molecular weight is 267 g/mol. The fourth-order valence-electron chi connectivity index (χ4n) is 4.36. The summed E-state index contributed by atoms with van der Waals surface area (Å²) in [7, 11) is 3.53. The van der Waals surface area contributed by atoms with E-state index < -0.39 is 0 Å². The molecule has 110 valence electrons. The maximum Gasteiger partial charge on any atom is 0.316 e. The van der Waals surface area contributed by atoms with Crippen LogP contribution in [-0.2, 0) is 0 Å². The standard InChI is InChI=1S/C15H29N3O/c1-14(2)11-6-7-15(3,10-11)12(14)16-8-9-17-13(19)18(4)5/h11-12,16H,6-10H2,1-5H3,(H,17,19). The molecule has 4 heteroatoms. The van der Waals surface area contributed by atoms with Crippen molar-refractivity contribution in [1.82, 2.24) is 15.5 Å². The van der Waals surface area contributed by atoms with Crippen LogP contribution >= 0.6 is 0 Å². The Bertz CT molecular complexity index is 349. The number of urea groups is 1. The lowest BCUT2D eigenvalue weighted by Crippen LogP contribution is -2.52. The zero-order chi connectivity index (χ0) is 14.3. The van der Waals surface area contributed by atoms with Gasteiger partial charge in [-0.25, -0.2) is 4.79 Å². The van der Waals surface area contributed by atoms with Gasteiger partial charge >= 0.3 is 6.03 Å². The maximum atomic E-state index is 11.4. The second-order valence-corrected chi connectivity index (χ2v) is 7.43. The highest BCUT2D eigenvalue weighted by atomic mass is 16.2. The van der Waals surface area contributed by atoms with Crippen LogP contribution in [0.2, 0.25) is 0 Å². The topological polar surface area (TPSA) is 44.4 Å². The number of hydrogen-bond acceptors (Lipinski definition) is 2. The molecule has 19 heavy (non-hydrogen) atoms. The molecule has 0 aromatic carbocycles. The molecule has 0 aromatic rings. The molecule has 0 aliphatic heterocycles. The number of carbonyl (C=O) groups is 1. The monoisotopic (exact) mass is 267 g/mol.